The van der Waals surface area contributed by atoms with Crippen molar-refractivity contribution in [1.29, 1.82) is 0 Å². The van der Waals surface area contributed by atoms with Crippen molar-refractivity contribution in [2.24, 2.45) is 10.2 Å². The van der Waals surface area contributed by atoms with E-state index in [1.807, 2.05) is 18.2 Å². The van der Waals surface area contributed by atoms with Crippen molar-refractivity contribution in [3.63, 3.8) is 0 Å². The van der Waals surface area contributed by atoms with E-state index in [1.165, 1.54) is 11.3 Å². The van der Waals surface area contributed by atoms with Crippen LogP contribution in [-0.2, 0) is 0 Å². The Morgan fingerprint density at radius 3 is 2.56 bits per heavy atom. The van der Waals surface area contributed by atoms with E-state index >= 15 is 0 Å². The Kier molecular flexibility index (Phi) is 3.70. The van der Waals surface area contributed by atoms with Gasteiger partial charge in [0.2, 0.25) is 0 Å². The molecule has 2 N–H and O–H groups in total. The lowest BCUT2D eigenvalue weighted by Crippen LogP contribution is -2.00. The van der Waals surface area contributed by atoms with Gasteiger partial charge in [-0.2, -0.15) is 0 Å². The number of anilines is 1. The van der Waals surface area contributed by atoms with Crippen molar-refractivity contribution in [1.82, 2.24) is 0 Å². The van der Waals surface area contributed by atoms with E-state index in [9.17, 15) is 4.79 Å². The molecule has 0 amide bonds. The van der Waals surface area contributed by atoms with Crippen molar-refractivity contribution in [2.45, 2.75) is 0 Å². The van der Waals surface area contributed by atoms with Gasteiger partial charge in [0, 0.05) is 10.8 Å². The summed E-state index contributed by atoms with van der Waals surface area (Å²) in [6.45, 7) is 0. The van der Waals surface area contributed by atoms with Crippen LogP contribution >= 0.6 is 11.3 Å². The Morgan fingerprint density at radius 2 is 1.80 bits per heavy atom. The maximum Gasteiger partial charge on any atom is 0.347 e. The number of nitrogen functional groups attached to an aromatic ring is 1. The minimum atomic E-state index is -0.464. The summed E-state index contributed by atoms with van der Waals surface area (Å²) in [7, 11) is 1.60. The molecule has 0 bridgehead atoms. The predicted octanol–water partition coefficient (Wildman–Crippen LogP) is 5.01. The van der Waals surface area contributed by atoms with Crippen LogP contribution in [0.3, 0.4) is 0 Å². The van der Waals surface area contributed by atoms with Crippen LogP contribution < -0.4 is 16.1 Å². The molecule has 124 valence electrons. The van der Waals surface area contributed by atoms with Gasteiger partial charge in [-0.3, -0.25) is 0 Å². The first-order valence-electron chi connectivity index (χ1n) is 7.47. The van der Waals surface area contributed by atoms with Crippen LogP contribution in [0.4, 0.5) is 15.7 Å². The molecule has 0 fully saturated rings. The molecule has 0 radical (unpaired) electrons. The number of nitrogens with two attached hydrogens (primary N) is 1. The summed E-state index contributed by atoms with van der Waals surface area (Å²) < 4.78 is 10.5. The third-order valence-corrected chi connectivity index (χ3v) is 4.71. The zero-order valence-corrected chi connectivity index (χ0v) is 14.0. The van der Waals surface area contributed by atoms with Gasteiger partial charge < -0.3 is 14.9 Å². The Hall–Kier alpha value is -3.19. The average molecular weight is 351 g/mol. The molecule has 0 atom stereocenters. The summed E-state index contributed by atoms with van der Waals surface area (Å²) in [6.07, 6.45) is 0. The minimum absolute atomic E-state index is 0.354. The Balaban J connectivity index is 1.89. The number of para-hydroxylation sites is 1. The first kappa shape index (κ1) is 15.3. The average Bonchev–Trinajstić information content (AvgIpc) is 2.98. The molecule has 0 aliphatic carbocycles. The zero-order chi connectivity index (χ0) is 17.4. The van der Waals surface area contributed by atoms with E-state index in [-0.39, 0.29) is 0 Å². The third kappa shape index (κ3) is 2.64. The van der Waals surface area contributed by atoms with Gasteiger partial charge in [0.25, 0.3) is 0 Å². The molecule has 0 saturated heterocycles. The van der Waals surface area contributed by atoms with Crippen molar-refractivity contribution >= 4 is 48.8 Å². The second-order valence-corrected chi connectivity index (χ2v) is 6.34. The first-order chi connectivity index (χ1) is 12.2. The lowest BCUT2D eigenvalue weighted by molar-refractivity contribution is 0.415. The fourth-order valence-corrected chi connectivity index (χ4v) is 3.52. The fourth-order valence-electron chi connectivity index (χ4n) is 2.62. The van der Waals surface area contributed by atoms with Gasteiger partial charge in [-0.05, 0) is 30.3 Å². The Bertz CT molecular complexity index is 1160. The number of fused-ring (bicyclic) bond motifs is 3. The highest BCUT2D eigenvalue weighted by molar-refractivity contribution is 7.21. The Morgan fingerprint density at radius 1 is 1.04 bits per heavy atom. The van der Waals surface area contributed by atoms with Crippen molar-refractivity contribution in [3.8, 4) is 5.75 Å². The lowest BCUT2D eigenvalue weighted by atomic mass is 10.1. The minimum Gasteiger partial charge on any atom is -0.497 e. The van der Waals surface area contributed by atoms with Crippen LogP contribution in [0, 0.1) is 0 Å². The molecule has 6 nitrogen and oxygen atoms in total. The molecule has 25 heavy (non-hydrogen) atoms. The quantitative estimate of drug-likeness (QED) is 0.415. The molecular weight excluding hydrogens is 338 g/mol. The summed E-state index contributed by atoms with van der Waals surface area (Å²) >= 11 is 1.22. The number of azo groups is 1. The Labute approximate surface area is 146 Å². The maximum absolute atomic E-state index is 12.2. The zero-order valence-electron chi connectivity index (χ0n) is 13.2. The van der Waals surface area contributed by atoms with Gasteiger partial charge in [-0.25, -0.2) is 4.79 Å². The molecule has 2 aromatic carbocycles. The highest BCUT2D eigenvalue weighted by Crippen LogP contribution is 2.42. The number of benzene rings is 2. The van der Waals surface area contributed by atoms with Crippen molar-refractivity contribution in [2.75, 3.05) is 12.8 Å². The van der Waals surface area contributed by atoms with Crippen LogP contribution in [0.25, 0.3) is 21.7 Å². The monoisotopic (exact) mass is 351 g/mol. The number of rotatable bonds is 3. The normalized spacial score (nSPS) is 11.6. The number of methoxy groups -OCH3 is 1. The molecule has 4 rings (SSSR count). The van der Waals surface area contributed by atoms with Gasteiger partial charge in [-0.1, -0.05) is 29.5 Å². The van der Waals surface area contributed by atoms with Gasteiger partial charge in [0.1, 0.15) is 26.7 Å². The standard InChI is InChI=1S/C18H13N3O3S/c1-23-11-8-6-10(7-9-11)20-21-17-14-12-4-2-3-5-13(12)24-18(22)15(14)16(19)25-17/h2-9H,19H2,1H3. The first-order valence-corrected chi connectivity index (χ1v) is 8.28. The molecule has 2 aromatic heterocycles. The second kappa shape index (κ2) is 6.03. The lowest BCUT2D eigenvalue weighted by Gasteiger charge is -1.99. The van der Waals surface area contributed by atoms with E-state index < -0.39 is 5.63 Å². The van der Waals surface area contributed by atoms with Crippen LogP contribution in [0.15, 0.2) is 68.0 Å². The highest BCUT2D eigenvalue weighted by Gasteiger charge is 2.17. The van der Waals surface area contributed by atoms with Crippen LogP contribution in [-0.4, -0.2) is 7.11 Å². The molecule has 7 heteroatoms. The summed E-state index contributed by atoms with van der Waals surface area (Å²) in [5.74, 6) is 0.744. The maximum atomic E-state index is 12.2. The van der Waals surface area contributed by atoms with Crippen LogP contribution in [0.2, 0.25) is 0 Å². The summed E-state index contributed by atoms with van der Waals surface area (Å²) in [4.78, 5) is 12.2. The molecule has 0 aliphatic heterocycles. The number of ether oxygens (including phenoxy) is 1. The molecule has 0 spiro atoms. The molecule has 4 aromatic rings. The molecule has 0 saturated carbocycles. The smallest absolute Gasteiger partial charge is 0.347 e. The highest BCUT2D eigenvalue weighted by atomic mass is 32.1. The molecule has 0 unspecified atom stereocenters. The molecule has 0 aliphatic rings. The molecular formula is C18H13N3O3S. The van der Waals surface area contributed by atoms with E-state index in [2.05, 4.69) is 10.2 Å². The number of hydrogen-bond acceptors (Lipinski definition) is 7. The summed E-state index contributed by atoms with van der Waals surface area (Å²) in [6, 6.07) is 14.5. The van der Waals surface area contributed by atoms with Gasteiger partial charge in [-0.15, -0.1) is 10.2 Å². The number of hydrogen-bond donors (Lipinski definition) is 1. The van der Waals surface area contributed by atoms with Crippen LogP contribution in [0.1, 0.15) is 0 Å². The number of nitrogens with zero attached hydrogens (tertiary/aromatic N) is 2. The topological polar surface area (TPSA) is 90.2 Å². The number of thiophene rings is 1. The van der Waals surface area contributed by atoms with E-state index in [0.29, 0.717) is 32.0 Å². The second-order valence-electron chi connectivity index (χ2n) is 5.31. The predicted molar refractivity (Wildman–Crippen MR) is 99.4 cm³/mol. The summed E-state index contributed by atoms with van der Waals surface area (Å²) in [5, 5.41) is 11.3. The van der Waals surface area contributed by atoms with E-state index in [1.54, 1.807) is 37.4 Å². The largest absolute Gasteiger partial charge is 0.497 e. The van der Waals surface area contributed by atoms with Crippen molar-refractivity contribution < 1.29 is 9.15 Å². The third-order valence-electron chi connectivity index (χ3n) is 3.81. The van der Waals surface area contributed by atoms with Crippen LogP contribution in [0.5, 0.6) is 5.75 Å². The fraction of sp³-hybridized carbons (Fsp3) is 0.0556. The summed E-state index contributed by atoms with van der Waals surface area (Å²) in [5.41, 5.74) is 6.72. The molecule has 2 heterocycles. The van der Waals surface area contributed by atoms with Gasteiger partial charge in [0.15, 0.2) is 0 Å². The van der Waals surface area contributed by atoms with E-state index in [4.69, 9.17) is 14.9 Å². The SMILES string of the molecule is COc1ccc(N=Nc2sc(N)c3c(=O)oc4ccccc4c23)cc1. The van der Waals surface area contributed by atoms with E-state index in [0.717, 1.165) is 11.1 Å². The van der Waals surface area contributed by atoms with Gasteiger partial charge in [0.05, 0.1) is 12.8 Å². The van der Waals surface area contributed by atoms with Crippen molar-refractivity contribution in [3.05, 3.63) is 59.0 Å². The van der Waals surface area contributed by atoms with Gasteiger partial charge >= 0.3 is 5.63 Å².